The van der Waals surface area contributed by atoms with Crippen LogP contribution in [0, 0.1) is 0 Å². The fraction of sp³-hybridized carbons (Fsp3) is 0.452. The molecular formula is C31H41N. The lowest BCUT2D eigenvalue weighted by Gasteiger charge is -2.07. The van der Waals surface area contributed by atoms with Gasteiger partial charge in [0.1, 0.15) is 0 Å². The van der Waals surface area contributed by atoms with Crippen LogP contribution >= 0.6 is 0 Å². The summed E-state index contributed by atoms with van der Waals surface area (Å²) < 4.78 is 0. The maximum absolute atomic E-state index is 4.73. The zero-order chi connectivity index (χ0) is 22.4. The molecule has 0 fully saturated rings. The normalized spacial score (nSPS) is 11.1. The second-order valence-corrected chi connectivity index (χ2v) is 9.15. The molecule has 1 heteroatoms. The average Bonchev–Trinajstić information content (AvgIpc) is 2.85. The summed E-state index contributed by atoms with van der Waals surface area (Å²) in [6, 6.07) is 22.4. The molecule has 170 valence electrons. The summed E-state index contributed by atoms with van der Waals surface area (Å²) >= 11 is 0. The Morgan fingerprint density at radius 1 is 0.469 bits per heavy atom. The Morgan fingerprint density at radius 2 is 0.938 bits per heavy atom. The zero-order valence-electron chi connectivity index (χ0n) is 20.3. The Bertz CT molecular complexity index is 799. The Labute approximate surface area is 196 Å². The molecule has 0 saturated carbocycles. The molecule has 0 aliphatic carbocycles. The number of rotatable bonds is 14. The van der Waals surface area contributed by atoms with E-state index in [-0.39, 0.29) is 0 Å². The third-order valence-electron chi connectivity index (χ3n) is 6.43. The number of pyridine rings is 1. The van der Waals surface area contributed by atoms with E-state index in [1.165, 1.54) is 98.4 Å². The van der Waals surface area contributed by atoms with Crippen LogP contribution in [-0.2, 0) is 12.8 Å². The van der Waals surface area contributed by atoms with Gasteiger partial charge in [-0.25, -0.2) is 0 Å². The molecule has 2 aromatic carbocycles. The fourth-order valence-corrected chi connectivity index (χ4v) is 4.31. The van der Waals surface area contributed by atoms with E-state index in [4.69, 9.17) is 4.98 Å². The van der Waals surface area contributed by atoms with E-state index >= 15 is 0 Å². The number of benzene rings is 2. The van der Waals surface area contributed by atoms with E-state index in [0.717, 1.165) is 12.1 Å². The van der Waals surface area contributed by atoms with Gasteiger partial charge in [-0.3, -0.25) is 4.98 Å². The van der Waals surface area contributed by atoms with Crippen LogP contribution in [0.25, 0.3) is 22.4 Å². The quantitative estimate of drug-likeness (QED) is 0.233. The lowest BCUT2D eigenvalue weighted by atomic mass is 9.99. The number of nitrogens with zero attached hydrogens (tertiary/aromatic N) is 1. The first-order valence-corrected chi connectivity index (χ1v) is 12.9. The highest BCUT2D eigenvalue weighted by molar-refractivity contribution is 5.69. The van der Waals surface area contributed by atoms with Gasteiger partial charge in [-0.15, -0.1) is 0 Å². The van der Waals surface area contributed by atoms with Crippen molar-refractivity contribution >= 4 is 0 Å². The summed E-state index contributed by atoms with van der Waals surface area (Å²) in [5.41, 5.74) is 7.62. The number of aryl methyl sites for hydroxylation is 2. The summed E-state index contributed by atoms with van der Waals surface area (Å²) in [6.07, 6.45) is 17.7. The third-order valence-corrected chi connectivity index (χ3v) is 6.43. The minimum Gasteiger partial charge on any atom is -0.256 e. The first-order chi connectivity index (χ1) is 15.8. The van der Waals surface area contributed by atoms with Crippen LogP contribution in [0.3, 0.4) is 0 Å². The van der Waals surface area contributed by atoms with Crippen molar-refractivity contribution < 1.29 is 0 Å². The Hall–Kier alpha value is -2.41. The van der Waals surface area contributed by atoms with Gasteiger partial charge < -0.3 is 0 Å². The second-order valence-electron chi connectivity index (χ2n) is 9.15. The Morgan fingerprint density at radius 3 is 1.47 bits per heavy atom. The molecule has 1 aromatic heterocycles. The van der Waals surface area contributed by atoms with E-state index in [9.17, 15) is 0 Å². The highest BCUT2D eigenvalue weighted by Gasteiger charge is 2.03. The van der Waals surface area contributed by atoms with Gasteiger partial charge in [0, 0.05) is 11.8 Å². The van der Waals surface area contributed by atoms with Crippen LogP contribution in [0.2, 0.25) is 0 Å². The van der Waals surface area contributed by atoms with Crippen LogP contribution in [0.4, 0.5) is 0 Å². The topological polar surface area (TPSA) is 12.9 Å². The minimum absolute atomic E-state index is 1.06. The summed E-state index contributed by atoms with van der Waals surface area (Å²) in [6.45, 7) is 4.54. The molecule has 0 aliphatic rings. The molecule has 0 unspecified atom stereocenters. The van der Waals surface area contributed by atoms with Crippen molar-refractivity contribution in [2.24, 2.45) is 0 Å². The van der Waals surface area contributed by atoms with Crippen molar-refractivity contribution in [3.63, 3.8) is 0 Å². The van der Waals surface area contributed by atoms with Crippen molar-refractivity contribution in [1.82, 2.24) is 4.98 Å². The number of unbranched alkanes of at least 4 members (excludes halogenated alkanes) is 8. The largest absolute Gasteiger partial charge is 0.256 e. The summed E-state index contributed by atoms with van der Waals surface area (Å²) in [4.78, 5) is 4.73. The molecule has 0 aliphatic heterocycles. The first kappa shape index (κ1) is 24.2. The number of aromatic nitrogens is 1. The summed E-state index contributed by atoms with van der Waals surface area (Å²) in [5, 5.41) is 0. The van der Waals surface area contributed by atoms with Gasteiger partial charge in [0.15, 0.2) is 0 Å². The SMILES string of the molecule is CCCCCCCc1ccc(-c2ccc(-c3ccc(CCCCCCC)cn3)cc2)cc1. The third kappa shape index (κ3) is 7.93. The summed E-state index contributed by atoms with van der Waals surface area (Å²) in [5.74, 6) is 0. The molecule has 32 heavy (non-hydrogen) atoms. The van der Waals surface area contributed by atoms with Gasteiger partial charge >= 0.3 is 0 Å². The predicted octanol–water partition coefficient (Wildman–Crippen LogP) is 9.44. The van der Waals surface area contributed by atoms with Crippen LogP contribution < -0.4 is 0 Å². The van der Waals surface area contributed by atoms with Gasteiger partial charge in [-0.05, 0) is 54.0 Å². The highest BCUT2D eigenvalue weighted by Crippen LogP contribution is 2.25. The molecule has 3 rings (SSSR count). The van der Waals surface area contributed by atoms with Crippen molar-refractivity contribution in [3.8, 4) is 22.4 Å². The Kier molecular flexibility index (Phi) is 10.5. The molecule has 0 saturated heterocycles. The summed E-state index contributed by atoms with van der Waals surface area (Å²) in [7, 11) is 0. The first-order valence-electron chi connectivity index (χ1n) is 12.9. The van der Waals surface area contributed by atoms with Gasteiger partial charge in [0.2, 0.25) is 0 Å². The van der Waals surface area contributed by atoms with Gasteiger partial charge in [0.25, 0.3) is 0 Å². The zero-order valence-corrected chi connectivity index (χ0v) is 20.3. The van der Waals surface area contributed by atoms with Crippen molar-refractivity contribution in [3.05, 3.63) is 78.0 Å². The van der Waals surface area contributed by atoms with Crippen LogP contribution in [0.5, 0.6) is 0 Å². The molecule has 0 amide bonds. The molecule has 0 bridgehead atoms. The molecule has 3 aromatic rings. The average molecular weight is 428 g/mol. The molecular weight excluding hydrogens is 386 g/mol. The minimum atomic E-state index is 1.06. The smallest absolute Gasteiger partial charge is 0.0702 e. The second kappa shape index (κ2) is 13.9. The maximum Gasteiger partial charge on any atom is 0.0702 e. The van der Waals surface area contributed by atoms with Crippen molar-refractivity contribution in [2.45, 2.75) is 90.9 Å². The van der Waals surface area contributed by atoms with Crippen LogP contribution in [-0.4, -0.2) is 4.98 Å². The molecule has 1 nitrogen and oxygen atoms in total. The highest BCUT2D eigenvalue weighted by atomic mass is 14.7. The van der Waals surface area contributed by atoms with E-state index in [0.29, 0.717) is 0 Å². The van der Waals surface area contributed by atoms with E-state index in [1.54, 1.807) is 0 Å². The lowest BCUT2D eigenvalue weighted by Crippen LogP contribution is -1.90. The molecule has 0 spiro atoms. The number of hydrogen-bond donors (Lipinski definition) is 0. The van der Waals surface area contributed by atoms with Gasteiger partial charge in [-0.2, -0.15) is 0 Å². The van der Waals surface area contributed by atoms with Crippen LogP contribution in [0.15, 0.2) is 66.9 Å². The predicted molar refractivity (Wildman–Crippen MR) is 140 cm³/mol. The fourth-order valence-electron chi connectivity index (χ4n) is 4.31. The lowest BCUT2D eigenvalue weighted by molar-refractivity contribution is 0.632. The molecule has 0 atom stereocenters. The van der Waals surface area contributed by atoms with E-state index in [1.807, 2.05) is 0 Å². The molecule has 1 heterocycles. The van der Waals surface area contributed by atoms with E-state index in [2.05, 4.69) is 80.7 Å². The van der Waals surface area contributed by atoms with Crippen molar-refractivity contribution in [1.29, 1.82) is 0 Å². The molecule has 0 N–H and O–H groups in total. The van der Waals surface area contributed by atoms with E-state index < -0.39 is 0 Å². The molecule has 0 radical (unpaired) electrons. The standard InChI is InChI=1S/C31H41N/c1-3-5-7-9-11-13-26-15-18-28(19-16-26)29-20-22-30(23-21-29)31-24-17-27(25-32-31)14-12-10-8-6-4-2/h15-25H,3-14H2,1-2H3. The maximum atomic E-state index is 4.73. The van der Waals surface area contributed by atoms with Gasteiger partial charge in [-0.1, -0.05) is 120 Å². The Balaban J connectivity index is 1.51. The van der Waals surface area contributed by atoms with Crippen LogP contribution in [0.1, 0.15) is 89.2 Å². The monoisotopic (exact) mass is 427 g/mol. The van der Waals surface area contributed by atoms with Crippen molar-refractivity contribution in [2.75, 3.05) is 0 Å². The number of hydrogen-bond acceptors (Lipinski definition) is 1. The van der Waals surface area contributed by atoms with Gasteiger partial charge in [0.05, 0.1) is 5.69 Å².